The van der Waals surface area contributed by atoms with Crippen LogP contribution in [0.15, 0.2) is 40.9 Å². The Kier molecular flexibility index (Phi) is 8.69. The summed E-state index contributed by atoms with van der Waals surface area (Å²) in [4.78, 5) is 0.245. The van der Waals surface area contributed by atoms with Gasteiger partial charge in [0.25, 0.3) is 0 Å². The third-order valence-electron chi connectivity index (χ3n) is 3.64. The monoisotopic (exact) mass is 360 g/mol. The van der Waals surface area contributed by atoms with E-state index >= 15 is 0 Å². The summed E-state index contributed by atoms with van der Waals surface area (Å²) in [6.45, 7) is 5.12. The van der Waals surface area contributed by atoms with Crippen LogP contribution in [0.3, 0.4) is 0 Å². The van der Waals surface area contributed by atoms with E-state index < -0.39 is 10.0 Å². The Balaban J connectivity index is 2.95. The summed E-state index contributed by atoms with van der Waals surface area (Å²) in [5.41, 5.74) is 0.553. The van der Waals surface area contributed by atoms with Crippen LogP contribution in [0.2, 0.25) is 0 Å². The molecule has 0 saturated carbocycles. The van der Waals surface area contributed by atoms with Gasteiger partial charge in [-0.25, -0.2) is 8.42 Å². The summed E-state index contributed by atoms with van der Waals surface area (Å²) in [5, 5.41) is 20.2. The number of anilines is 1. The average molecular weight is 360 g/mol. The number of rotatable bonds is 10. The van der Waals surface area contributed by atoms with Crippen LogP contribution in [0, 0.1) is 22.7 Å². The second-order valence-electron chi connectivity index (χ2n) is 5.56. The fourth-order valence-electron chi connectivity index (χ4n) is 2.14. The molecule has 1 aromatic carbocycles. The Morgan fingerprint density at radius 2 is 1.60 bits per heavy atom. The summed E-state index contributed by atoms with van der Waals surface area (Å²) in [7, 11) is -3.52. The van der Waals surface area contributed by atoms with E-state index in [4.69, 9.17) is 10.5 Å². The Morgan fingerprint density at radius 1 is 1.08 bits per heavy atom. The maximum Gasteiger partial charge on any atom is 0.243 e. The topological polar surface area (TPSA) is 97.0 Å². The lowest BCUT2D eigenvalue weighted by molar-refractivity contribution is 0.395. The summed E-state index contributed by atoms with van der Waals surface area (Å²) in [5.74, 6) is 0. The minimum Gasteiger partial charge on any atom is -0.360 e. The first-order valence-corrected chi connectivity index (χ1v) is 9.80. The van der Waals surface area contributed by atoms with Gasteiger partial charge < -0.3 is 5.32 Å². The Morgan fingerprint density at radius 3 is 2.04 bits per heavy atom. The highest BCUT2D eigenvalue weighted by molar-refractivity contribution is 7.89. The van der Waals surface area contributed by atoms with E-state index in [1.54, 1.807) is 28.6 Å². The van der Waals surface area contributed by atoms with Crippen LogP contribution in [0.4, 0.5) is 5.69 Å². The molecule has 0 atom stereocenters. The van der Waals surface area contributed by atoms with Crippen molar-refractivity contribution < 1.29 is 8.42 Å². The van der Waals surface area contributed by atoms with Crippen molar-refractivity contribution in [3.05, 3.63) is 36.0 Å². The van der Waals surface area contributed by atoms with Gasteiger partial charge in [-0.2, -0.15) is 14.8 Å². The molecule has 1 aromatic rings. The van der Waals surface area contributed by atoms with E-state index in [9.17, 15) is 8.42 Å². The van der Waals surface area contributed by atoms with Crippen molar-refractivity contribution in [1.82, 2.24) is 4.31 Å². The molecular weight excluding hydrogens is 336 g/mol. The van der Waals surface area contributed by atoms with E-state index in [0.29, 0.717) is 18.8 Å². The van der Waals surface area contributed by atoms with E-state index in [0.717, 1.165) is 25.7 Å². The second kappa shape index (κ2) is 10.5. The molecule has 0 aliphatic carbocycles. The Bertz CT molecular complexity index is 732. The van der Waals surface area contributed by atoms with Crippen molar-refractivity contribution in [2.45, 2.75) is 44.4 Å². The second-order valence-corrected chi connectivity index (χ2v) is 7.50. The molecule has 25 heavy (non-hydrogen) atoms. The first-order chi connectivity index (χ1) is 12.0. The number of hydrogen-bond acceptors (Lipinski definition) is 5. The number of benzene rings is 1. The zero-order valence-electron chi connectivity index (χ0n) is 14.7. The van der Waals surface area contributed by atoms with Crippen LogP contribution in [0.25, 0.3) is 0 Å². The van der Waals surface area contributed by atoms with Crippen molar-refractivity contribution in [3.63, 3.8) is 0 Å². The molecule has 0 aliphatic heterocycles. The van der Waals surface area contributed by atoms with Gasteiger partial charge in [0.2, 0.25) is 10.0 Å². The molecular formula is C18H24N4O2S. The average Bonchev–Trinajstić information content (AvgIpc) is 2.63. The highest BCUT2D eigenvalue weighted by Gasteiger charge is 2.23. The summed E-state index contributed by atoms with van der Waals surface area (Å²) in [6, 6.07) is 9.80. The Labute approximate surface area is 150 Å². The third kappa shape index (κ3) is 6.22. The smallest absolute Gasteiger partial charge is 0.243 e. The zero-order chi connectivity index (χ0) is 18.7. The van der Waals surface area contributed by atoms with Crippen molar-refractivity contribution in [2.75, 3.05) is 18.4 Å². The molecule has 1 rings (SSSR count). The van der Waals surface area contributed by atoms with Gasteiger partial charge in [-0.05, 0) is 37.1 Å². The number of sulfonamides is 1. The van der Waals surface area contributed by atoms with Crippen molar-refractivity contribution >= 4 is 15.7 Å². The third-order valence-corrected chi connectivity index (χ3v) is 5.55. The highest BCUT2D eigenvalue weighted by atomic mass is 32.2. The molecule has 0 amide bonds. The van der Waals surface area contributed by atoms with Crippen LogP contribution in [0.1, 0.15) is 39.5 Å². The minimum absolute atomic E-state index is 0.0537. The fourth-order valence-corrected chi connectivity index (χ4v) is 3.66. The van der Waals surface area contributed by atoms with E-state index in [1.165, 1.54) is 18.3 Å². The fraction of sp³-hybridized carbons (Fsp3) is 0.444. The molecule has 0 aromatic heterocycles. The van der Waals surface area contributed by atoms with E-state index in [-0.39, 0.29) is 10.5 Å². The molecule has 1 N–H and O–H groups in total. The van der Waals surface area contributed by atoms with Crippen molar-refractivity contribution in [1.29, 1.82) is 10.5 Å². The number of nitriles is 2. The summed E-state index contributed by atoms with van der Waals surface area (Å²) >= 11 is 0. The summed E-state index contributed by atoms with van der Waals surface area (Å²) < 4.78 is 27.2. The normalized spacial score (nSPS) is 10.8. The molecule has 0 aliphatic rings. The van der Waals surface area contributed by atoms with E-state index in [2.05, 4.69) is 5.32 Å². The maximum atomic E-state index is 12.8. The zero-order valence-corrected chi connectivity index (χ0v) is 15.5. The van der Waals surface area contributed by atoms with Gasteiger partial charge in [0.15, 0.2) is 0 Å². The standard InChI is InChI=1S/C18H24N4O2S/c1-3-5-11-22(12-6-4-2)25(23,24)18-9-7-17(8-10-18)21-15-16(13-19)14-20/h7-10,15,21H,3-6,11-12H2,1-2H3. The lowest BCUT2D eigenvalue weighted by atomic mass is 10.3. The lowest BCUT2D eigenvalue weighted by Crippen LogP contribution is -2.33. The molecule has 0 saturated heterocycles. The van der Waals surface area contributed by atoms with Gasteiger partial charge >= 0.3 is 0 Å². The predicted molar refractivity (Wildman–Crippen MR) is 97.9 cm³/mol. The lowest BCUT2D eigenvalue weighted by Gasteiger charge is -2.22. The number of nitrogens with zero attached hydrogens (tertiary/aromatic N) is 3. The molecule has 6 nitrogen and oxygen atoms in total. The molecule has 0 spiro atoms. The van der Waals surface area contributed by atoms with E-state index in [1.807, 2.05) is 13.8 Å². The number of nitrogens with one attached hydrogen (secondary N) is 1. The van der Waals surface area contributed by atoms with Crippen LogP contribution < -0.4 is 5.32 Å². The van der Waals surface area contributed by atoms with Gasteiger partial charge in [-0.3, -0.25) is 0 Å². The number of unbranched alkanes of at least 4 members (excludes halogenated alkanes) is 2. The van der Waals surface area contributed by atoms with Gasteiger partial charge in [0, 0.05) is 25.0 Å². The van der Waals surface area contributed by atoms with Crippen LogP contribution in [0.5, 0.6) is 0 Å². The molecule has 0 bridgehead atoms. The largest absolute Gasteiger partial charge is 0.360 e. The number of allylic oxidation sites excluding steroid dienone is 1. The highest BCUT2D eigenvalue weighted by Crippen LogP contribution is 2.20. The minimum atomic E-state index is -3.52. The van der Waals surface area contributed by atoms with Crippen LogP contribution >= 0.6 is 0 Å². The SMILES string of the molecule is CCCCN(CCCC)S(=O)(=O)c1ccc(NC=C(C#N)C#N)cc1. The Hall–Kier alpha value is -2.35. The van der Waals surface area contributed by atoms with Crippen molar-refractivity contribution in [3.8, 4) is 12.1 Å². The maximum absolute atomic E-state index is 12.8. The van der Waals surface area contributed by atoms with Crippen molar-refractivity contribution in [2.24, 2.45) is 0 Å². The quantitative estimate of drug-likeness (QED) is 0.643. The number of hydrogen-bond donors (Lipinski definition) is 1. The molecule has 7 heteroatoms. The molecule has 0 heterocycles. The first-order valence-electron chi connectivity index (χ1n) is 8.36. The molecule has 134 valence electrons. The van der Waals surface area contributed by atoms with Crippen LogP contribution in [-0.2, 0) is 10.0 Å². The molecule has 0 fully saturated rings. The molecule has 0 unspecified atom stereocenters. The van der Waals surface area contributed by atoms with Gasteiger partial charge in [-0.1, -0.05) is 26.7 Å². The first kappa shape index (κ1) is 20.7. The van der Waals surface area contributed by atoms with Gasteiger partial charge in [0.05, 0.1) is 4.90 Å². The predicted octanol–water partition coefficient (Wildman–Crippen LogP) is 3.62. The van der Waals surface area contributed by atoms with Crippen LogP contribution in [-0.4, -0.2) is 25.8 Å². The summed E-state index contributed by atoms with van der Waals surface area (Å²) in [6.07, 6.45) is 4.83. The van der Waals surface area contributed by atoms with Gasteiger partial charge in [-0.15, -0.1) is 0 Å². The van der Waals surface area contributed by atoms with Gasteiger partial charge in [0.1, 0.15) is 17.7 Å². The molecule has 0 radical (unpaired) electrons.